The smallest absolute Gasteiger partial charge is 0.102 e. The van der Waals surface area contributed by atoms with Crippen LogP contribution in [0.4, 0.5) is 0 Å². The average molecular weight is 317 g/mol. The highest BCUT2D eigenvalue weighted by Crippen LogP contribution is 2.28. The van der Waals surface area contributed by atoms with Gasteiger partial charge in [0.05, 0.1) is 11.5 Å². The summed E-state index contributed by atoms with van der Waals surface area (Å²) in [5.41, 5.74) is 1.84. The number of likely N-dealkylation sites (N-methyl/N-ethyl adjacent to an activating group) is 2. The summed E-state index contributed by atoms with van der Waals surface area (Å²) >= 11 is 11.1. The summed E-state index contributed by atoms with van der Waals surface area (Å²) in [6, 6.07) is 0.710. The topological polar surface area (TPSA) is 6.48 Å². The molecule has 0 fully saturated rings. The summed E-state index contributed by atoms with van der Waals surface area (Å²) in [5.74, 6) is 0. The van der Waals surface area contributed by atoms with Crippen LogP contribution in [0.1, 0.15) is 61.3 Å². The molecule has 4 heteroatoms. The van der Waals surface area contributed by atoms with Crippen molar-refractivity contribution in [3.05, 3.63) is 0 Å². The lowest BCUT2D eigenvalue weighted by Gasteiger charge is -2.44. The minimum absolute atomic E-state index is 0.0713. The zero-order valence-corrected chi connectivity index (χ0v) is 15.9. The van der Waals surface area contributed by atoms with Gasteiger partial charge in [-0.15, -0.1) is 0 Å². The van der Waals surface area contributed by atoms with Gasteiger partial charge in [0.25, 0.3) is 0 Å². The molecule has 0 heterocycles. The maximum atomic E-state index is 5.88. The first kappa shape index (κ1) is 19.8. The predicted octanol–water partition coefficient (Wildman–Crippen LogP) is 4.52. The fourth-order valence-corrected chi connectivity index (χ4v) is 3.85. The molecule has 0 amide bonds. The van der Waals surface area contributed by atoms with Crippen LogP contribution < -0.4 is 0 Å². The third-order valence-corrected chi connectivity index (χ3v) is 4.62. The molecular weight excluding hydrogens is 284 g/mol. The van der Waals surface area contributed by atoms with E-state index in [1.807, 2.05) is 0 Å². The van der Waals surface area contributed by atoms with Crippen molar-refractivity contribution in [2.45, 2.75) is 73.4 Å². The van der Waals surface area contributed by atoms with Crippen LogP contribution in [0, 0.1) is 5.41 Å². The van der Waals surface area contributed by atoms with Gasteiger partial charge in [-0.3, -0.25) is 0 Å². The number of thiocarbonyl (C=S) groups is 2. The minimum atomic E-state index is 0.0713. The zero-order chi connectivity index (χ0) is 15.9. The Kier molecular flexibility index (Phi) is 8.83. The number of nitrogens with zero attached hydrogens (tertiary/aromatic N) is 2. The van der Waals surface area contributed by atoms with Crippen molar-refractivity contribution >= 4 is 34.9 Å². The van der Waals surface area contributed by atoms with E-state index in [2.05, 4.69) is 58.3 Å². The van der Waals surface area contributed by atoms with E-state index in [9.17, 15) is 0 Å². The molecule has 0 aliphatic heterocycles. The first-order valence-electron chi connectivity index (χ1n) is 7.79. The summed E-state index contributed by atoms with van der Waals surface area (Å²) in [6.07, 6.45) is 2.26. The second kappa shape index (κ2) is 8.93. The molecule has 0 aliphatic rings. The van der Waals surface area contributed by atoms with Crippen molar-refractivity contribution in [1.29, 1.82) is 0 Å². The van der Waals surface area contributed by atoms with Gasteiger partial charge in [0.2, 0.25) is 0 Å². The highest BCUT2D eigenvalue weighted by Gasteiger charge is 2.35. The van der Waals surface area contributed by atoms with Gasteiger partial charge in [-0.1, -0.05) is 59.1 Å². The molecule has 0 radical (unpaired) electrons. The summed E-state index contributed by atoms with van der Waals surface area (Å²) < 4.78 is 0. The lowest BCUT2D eigenvalue weighted by Crippen LogP contribution is -2.55. The fraction of sp³-hybridized carbons (Fsp3) is 0.875. The van der Waals surface area contributed by atoms with Crippen LogP contribution >= 0.6 is 24.4 Å². The van der Waals surface area contributed by atoms with Crippen LogP contribution in [0.5, 0.6) is 0 Å². The molecule has 0 saturated heterocycles. The molecule has 1 unspecified atom stereocenters. The van der Waals surface area contributed by atoms with Crippen LogP contribution in [-0.2, 0) is 0 Å². The largest absolute Gasteiger partial charge is 0.362 e. The molecule has 118 valence electrons. The van der Waals surface area contributed by atoms with E-state index >= 15 is 0 Å². The summed E-state index contributed by atoms with van der Waals surface area (Å²) in [5, 5.41) is 0. The molecular formula is C16H32N2S2. The summed E-state index contributed by atoms with van der Waals surface area (Å²) in [7, 11) is 0. The van der Waals surface area contributed by atoms with Crippen molar-refractivity contribution in [2.24, 2.45) is 5.41 Å². The van der Waals surface area contributed by atoms with E-state index in [0.29, 0.717) is 6.04 Å². The van der Waals surface area contributed by atoms with Crippen molar-refractivity contribution in [2.75, 3.05) is 13.1 Å². The van der Waals surface area contributed by atoms with Gasteiger partial charge in [0.1, 0.15) is 4.99 Å². The van der Waals surface area contributed by atoms with Gasteiger partial charge in [-0.2, -0.15) is 0 Å². The van der Waals surface area contributed by atoms with Crippen LogP contribution in [0.15, 0.2) is 0 Å². The maximum Gasteiger partial charge on any atom is 0.102 e. The molecule has 0 spiro atoms. The van der Waals surface area contributed by atoms with Crippen molar-refractivity contribution < 1.29 is 0 Å². The van der Waals surface area contributed by atoms with E-state index in [0.717, 1.165) is 30.9 Å². The Labute approximate surface area is 136 Å². The van der Waals surface area contributed by atoms with Crippen LogP contribution in [0.25, 0.3) is 0 Å². The van der Waals surface area contributed by atoms with Crippen LogP contribution in [0.3, 0.4) is 0 Å². The Hall–Kier alpha value is -0.220. The number of hydrogen-bond acceptors (Lipinski definition) is 2. The van der Waals surface area contributed by atoms with Crippen molar-refractivity contribution in [3.8, 4) is 0 Å². The zero-order valence-electron chi connectivity index (χ0n) is 14.3. The number of rotatable bonds is 8. The SMILES string of the molecule is CCC(CC)N(CC)C(=S)C(N(C=S)CC)C(C)(C)C. The van der Waals surface area contributed by atoms with E-state index in [1.165, 1.54) is 0 Å². The molecule has 0 aliphatic carbocycles. The molecule has 0 aromatic carbocycles. The van der Waals surface area contributed by atoms with Crippen molar-refractivity contribution in [3.63, 3.8) is 0 Å². The Morgan fingerprint density at radius 3 is 1.80 bits per heavy atom. The molecule has 2 nitrogen and oxygen atoms in total. The molecule has 1 atom stereocenters. The molecule has 0 aromatic rings. The lowest BCUT2D eigenvalue weighted by molar-refractivity contribution is 0.207. The van der Waals surface area contributed by atoms with E-state index < -0.39 is 0 Å². The predicted molar refractivity (Wildman–Crippen MR) is 98.6 cm³/mol. The maximum absolute atomic E-state index is 5.88. The Balaban J connectivity index is 5.45. The van der Waals surface area contributed by atoms with E-state index in [1.54, 1.807) is 5.49 Å². The number of hydrogen-bond donors (Lipinski definition) is 0. The first-order chi connectivity index (χ1) is 9.28. The van der Waals surface area contributed by atoms with Gasteiger partial charge in [0, 0.05) is 19.1 Å². The van der Waals surface area contributed by atoms with Gasteiger partial charge >= 0.3 is 0 Å². The normalized spacial score (nSPS) is 13.2. The summed E-state index contributed by atoms with van der Waals surface area (Å²) in [6.45, 7) is 17.4. The van der Waals surface area contributed by atoms with Gasteiger partial charge in [-0.25, -0.2) is 0 Å². The monoisotopic (exact) mass is 316 g/mol. The van der Waals surface area contributed by atoms with E-state index in [4.69, 9.17) is 24.4 Å². The highest BCUT2D eigenvalue weighted by molar-refractivity contribution is 7.80. The Morgan fingerprint density at radius 1 is 1.05 bits per heavy atom. The first-order valence-corrected chi connectivity index (χ1v) is 8.67. The third kappa shape index (κ3) is 4.96. The van der Waals surface area contributed by atoms with E-state index in [-0.39, 0.29) is 11.5 Å². The van der Waals surface area contributed by atoms with Crippen molar-refractivity contribution in [1.82, 2.24) is 9.80 Å². The Bertz CT molecular complexity index is 306. The molecule has 0 saturated carbocycles. The van der Waals surface area contributed by atoms with Gasteiger partial charge in [0.15, 0.2) is 0 Å². The molecule has 0 bridgehead atoms. The average Bonchev–Trinajstić information content (AvgIpc) is 2.39. The van der Waals surface area contributed by atoms with Gasteiger partial charge < -0.3 is 9.80 Å². The Morgan fingerprint density at radius 2 is 1.55 bits per heavy atom. The second-order valence-electron chi connectivity index (χ2n) is 6.30. The molecule has 0 aromatic heterocycles. The second-order valence-corrected chi connectivity index (χ2v) is 6.93. The molecule has 0 N–H and O–H groups in total. The fourth-order valence-electron chi connectivity index (χ4n) is 2.81. The lowest BCUT2D eigenvalue weighted by atomic mass is 9.84. The molecule has 20 heavy (non-hydrogen) atoms. The van der Waals surface area contributed by atoms with Crippen LogP contribution in [-0.4, -0.2) is 45.5 Å². The quantitative estimate of drug-likeness (QED) is 0.607. The van der Waals surface area contributed by atoms with Crippen LogP contribution in [0.2, 0.25) is 0 Å². The summed E-state index contributed by atoms with van der Waals surface area (Å²) in [4.78, 5) is 5.63. The standard InChI is InChI=1S/C16H32N2S2/c1-8-13(9-2)18(11-4)15(20)14(16(5,6)7)17(10-3)12-19/h12-14H,8-11H2,1-7H3. The highest BCUT2D eigenvalue weighted by atomic mass is 32.1. The minimum Gasteiger partial charge on any atom is -0.362 e. The van der Waals surface area contributed by atoms with Gasteiger partial charge in [-0.05, 0) is 32.1 Å². The third-order valence-electron chi connectivity index (χ3n) is 3.89. The molecule has 0 rings (SSSR count).